The molecular formula is C13H12FN5O. The van der Waals surface area contributed by atoms with Crippen molar-refractivity contribution in [2.24, 2.45) is 7.05 Å². The van der Waals surface area contributed by atoms with Crippen molar-refractivity contribution in [3.63, 3.8) is 0 Å². The average molecular weight is 273 g/mol. The van der Waals surface area contributed by atoms with Crippen LogP contribution in [0.1, 0.15) is 11.4 Å². The van der Waals surface area contributed by atoms with Crippen LogP contribution in [0.25, 0.3) is 11.5 Å². The average Bonchev–Trinajstić information content (AvgIpc) is 3.01. The van der Waals surface area contributed by atoms with Crippen LogP contribution < -0.4 is 5.73 Å². The van der Waals surface area contributed by atoms with Gasteiger partial charge in [-0.25, -0.2) is 4.39 Å². The number of nitrogen functional groups attached to an aromatic ring is 1. The number of benzene rings is 1. The molecule has 20 heavy (non-hydrogen) atoms. The van der Waals surface area contributed by atoms with Gasteiger partial charge in [0.15, 0.2) is 5.82 Å². The lowest BCUT2D eigenvalue weighted by molar-refractivity contribution is 0.423. The molecule has 0 spiro atoms. The molecule has 7 heteroatoms. The number of rotatable bonds is 3. The molecule has 2 heterocycles. The van der Waals surface area contributed by atoms with Gasteiger partial charge >= 0.3 is 0 Å². The zero-order valence-electron chi connectivity index (χ0n) is 10.7. The summed E-state index contributed by atoms with van der Waals surface area (Å²) in [5, 5.41) is 7.84. The number of anilines is 1. The van der Waals surface area contributed by atoms with Crippen LogP contribution in [0.2, 0.25) is 0 Å². The molecule has 0 aliphatic rings. The minimum atomic E-state index is -0.292. The fourth-order valence-electron chi connectivity index (χ4n) is 1.86. The molecule has 0 saturated heterocycles. The molecule has 0 amide bonds. The fraction of sp³-hybridized carbons (Fsp3) is 0.154. The number of hydrogen-bond acceptors (Lipinski definition) is 5. The van der Waals surface area contributed by atoms with E-state index < -0.39 is 0 Å². The Balaban J connectivity index is 1.88. The maximum Gasteiger partial charge on any atom is 0.263 e. The number of nitrogens with zero attached hydrogens (tertiary/aromatic N) is 4. The lowest BCUT2D eigenvalue weighted by Crippen LogP contribution is -1.98. The lowest BCUT2D eigenvalue weighted by Gasteiger charge is -1.97. The Kier molecular flexibility index (Phi) is 2.94. The van der Waals surface area contributed by atoms with Gasteiger partial charge in [0, 0.05) is 13.5 Å². The number of aryl methyl sites for hydroxylation is 1. The molecular weight excluding hydrogens is 261 g/mol. The maximum absolute atomic E-state index is 13.6. The van der Waals surface area contributed by atoms with Gasteiger partial charge in [0.1, 0.15) is 17.2 Å². The fourth-order valence-corrected chi connectivity index (χ4v) is 1.86. The van der Waals surface area contributed by atoms with Crippen molar-refractivity contribution >= 4 is 5.82 Å². The summed E-state index contributed by atoms with van der Waals surface area (Å²) < 4.78 is 20.2. The van der Waals surface area contributed by atoms with Crippen LogP contribution in [-0.2, 0) is 13.5 Å². The Bertz CT molecular complexity index is 749. The highest BCUT2D eigenvalue weighted by Crippen LogP contribution is 2.23. The summed E-state index contributed by atoms with van der Waals surface area (Å²) in [5.74, 6) is 0.820. The first-order chi connectivity index (χ1) is 9.65. The van der Waals surface area contributed by atoms with Crippen molar-refractivity contribution in [1.29, 1.82) is 0 Å². The molecule has 0 aliphatic heterocycles. The molecule has 2 N–H and O–H groups in total. The second kappa shape index (κ2) is 4.76. The summed E-state index contributed by atoms with van der Waals surface area (Å²) in [5.41, 5.74) is 6.92. The van der Waals surface area contributed by atoms with Crippen LogP contribution >= 0.6 is 0 Å². The van der Waals surface area contributed by atoms with Crippen molar-refractivity contribution < 1.29 is 8.91 Å². The van der Waals surface area contributed by atoms with Crippen LogP contribution in [0, 0.1) is 5.82 Å². The topological polar surface area (TPSA) is 82.8 Å². The van der Waals surface area contributed by atoms with E-state index in [0.717, 1.165) is 0 Å². The first-order valence-electron chi connectivity index (χ1n) is 5.99. The molecule has 0 aliphatic carbocycles. The van der Waals surface area contributed by atoms with Gasteiger partial charge in [0.05, 0.1) is 6.20 Å². The van der Waals surface area contributed by atoms with Gasteiger partial charge in [-0.2, -0.15) is 10.1 Å². The Morgan fingerprint density at radius 2 is 2.15 bits per heavy atom. The van der Waals surface area contributed by atoms with Gasteiger partial charge in [0.25, 0.3) is 5.89 Å². The van der Waals surface area contributed by atoms with Gasteiger partial charge < -0.3 is 10.3 Å². The third-order valence-corrected chi connectivity index (χ3v) is 2.99. The van der Waals surface area contributed by atoms with Crippen molar-refractivity contribution in [3.05, 3.63) is 47.7 Å². The van der Waals surface area contributed by atoms with Crippen molar-refractivity contribution in [3.8, 4) is 11.5 Å². The van der Waals surface area contributed by atoms with E-state index in [-0.39, 0.29) is 18.1 Å². The quantitative estimate of drug-likeness (QED) is 0.786. The monoisotopic (exact) mass is 273 g/mol. The Hall–Kier alpha value is -2.70. The Morgan fingerprint density at radius 3 is 2.85 bits per heavy atom. The molecule has 0 bridgehead atoms. The van der Waals surface area contributed by atoms with Crippen molar-refractivity contribution in [1.82, 2.24) is 19.9 Å². The summed E-state index contributed by atoms with van der Waals surface area (Å²) in [6.45, 7) is 0. The highest BCUT2D eigenvalue weighted by molar-refractivity contribution is 5.66. The molecule has 0 atom stereocenters. The maximum atomic E-state index is 13.6. The van der Waals surface area contributed by atoms with E-state index in [1.165, 1.54) is 10.7 Å². The molecule has 2 aromatic heterocycles. The van der Waals surface area contributed by atoms with E-state index in [1.54, 1.807) is 31.4 Å². The zero-order chi connectivity index (χ0) is 14.1. The van der Waals surface area contributed by atoms with E-state index in [2.05, 4.69) is 15.2 Å². The van der Waals surface area contributed by atoms with Crippen molar-refractivity contribution in [2.75, 3.05) is 5.73 Å². The molecule has 0 fully saturated rings. The molecule has 1 aromatic carbocycles. The third-order valence-electron chi connectivity index (χ3n) is 2.99. The summed E-state index contributed by atoms with van der Waals surface area (Å²) in [6, 6.07) is 6.48. The Labute approximate surface area is 114 Å². The Morgan fingerprint density at radius 1 is 1.35 bits per heavy atom. The molecule has 0 unspecified atom stereocenters. The molecule has 3 rings (SSSR count). The second-order valence-corrected chi connectivity index (χ2v) is 4.35. The number of nitrogens with two attached hydrogens (primary N) is 1. The molecule has 0 saturated carbocycles. The minimum absolute atomic E-state index is 0.260. The normalized spacial score (nSPS) is 10.9. The molecule has 102 valence electrons. The number of halogens is 1. The standard InChI is InChI=1S/C13H12FN5O/c1-19-12(15)9(7-16-19)13-17-11(18-20-13)6-8-4-2-3-5-10(8)14/h2-5,7H,6,15H2,1H3. The van der Waals surface area contributed by atoms with Crippen LogP contribution in [-0.4, -0.2) is 19.9 Å². The van der Waals surface area contributed by atoms with Gasteiger partial charge in [-0.3, -0.25) is 4.68 Å². The van der Waals surface area contributed by atoms with Gasteiger partial charge in [0.2, 0.25) is 0 Å². The largest absolute Gasteiger partial charge is 0.383 e. The van der Waals surface area contributed by atoms with Gasteiger partial charge in [-0.05, 0) is 11.6 Å². The number of aromatic nitrogens is 4. The van der Waals surface area contributed by atoms with Crippen LogP contribution in [0.3, 0.4) is 0 Å². The second-order valence-electron chi connectivity index (χ2n) is 4.35. The first kappa shape index (κ1) is 12.3. The van der Waals surface area contributed by atoms with Crippen LogP contribution in [0.4, 0.5) is 10.2 Å². The highest BCUT2D eigenvalue weighted by Gasteiger charge is 2.15. The number of hydrogen-bond donors (Lipinski definition) is 1. The molecule has 3 aromatic rings. The van der Waals surface area contributed by atoms with Crippen LogP contribution in [0.5, 0.6) is 0 Å². The van der Waals surface area contributed by atoms with E-state index in [1.807, 2.05) is 0 Å². The summed E-state index contributed by atoms with van der Waals surface area (Å²) >= 11 is 0. The minimum Gasteiger partial charge on any atom is -0.383 e. The van der Waals surface area contributed by atoms with E-state index in [0.29, 0.717) is 22.8 Å². The summed E-state index contributed by atoms with van der Waals surface area (Å²) in [7, 11) is 1.72. The predicted octanol–water partition coefficient (Wildman–Crippen LogP) is 1.78. The van der Waals surface area contributed by atoms with E-state index in [9.17, 15) is 4.39 Å². The third kappa shape index (κ3) is 2.13. The van der Waals surface area contributed by atoms with Crippen LogP contribution in [0.15, 0.2) is 35.0 Å². The van der Waals surface area contributed by atoms with E-state index >= 15 is 0 Å². The predicted molar refractivity (Wildman–Crippen MR) is 70.1 cm³/mol. The highest BCUT2D eigenvalue weighted by atomic mass is 19.1. The smallest absolute Gasteiger partial charge is 0.263 e. The molecule has 0 radical (unpaired) electrons. The lowest BCUT2D eigenvalue weighted by atomic mass is 10.1. The SMILES string of the molecule is Cn1ncc(-c2nc(Cc3ccccc3F)no2)c1N. The van der Waals surface area contributed by atoms with Crippen molar-refractivity contribution in [2.45, 2.75) is 6.42 Å². The van der Waals surface area contributed by atoms with Gasteiger partial charge in [-0.1, -0.05) is 23.4 Å². The zero-order valence-corrected chi connectivity index (χ0v) is 10.7. The summed E-state index contributed by atoms with van der Waals surface area (Å²) in [4.78, 5) is 4.21. The molecule has 6 nitrogen and oxygen atoms in total. The summed E-state index contributed by atoms with van der Waals surface area (Å²) in [6.07, 6.45) is 1.81. The first-order valence-corrected chi connectivity index (χ1v) is 5.99. The van der Waals surface area contributed by atoms with Gasteiger partial charge in [-0.15, -0.1) is 0 Å². The van der Waals surface area contributed by atoms with E-state index in [4.69, 9.17) is 10.3 Å².